The molecule has 3 heterocycles. The lowest BCUT2D eigenvalue weighted by atomic mass is 9.98. The minimum Gasteiger partial charge on any atom is -0.476 e. The lowest BCUT2D eigenvalue weighted by Gasteiger charge is -2.33. The average molecular weight is 351 g/mol. The number of nitrogens with zero attached hydrogens (tertiary/aromatic N) is 5. The Morgan fingerprint density at radius 3 is 2.88 bits per heavy atom. The first-order valence-corrected chi connectivity index (χ1v) is 8.91. The second-order valence-electron chi connectivity index (χ2n) is 6.70. The van der Waals surface area contributed by atoms with Crippen molar-refractivity contribution in [3.05, 3.63) is 11.9 Å². The van der Waals surface area contributed by atoms with Crippen LogP contribution in [0.5, 0.6) is 0 Å². The van der Waals surface area contributed by atoms with Gasteiger partial charge in [-0.05, 0) is 31.6 Å². The van der Waals surface area contributed by atoms with Crippen molar-refractivity contribution in [1.82, 2.24) is 25.0 Å². The number of carboxylic acids is 1. The third kappa shape index (κ3) is 4.99. The molecule has 0 spiro atoms. The summed E-state index contributed by atoms with van der Waals surface area (Å²) >= 11 is 0. The highest BCUT2D eigenvalue weighted by Crippen LogP contribution is 2.19. The lowest BCUT2D eigenvalue weighted by Crippen LogP contribution is -2.42. The van der Waals surface area contributed by atoms with Crippen molar-refractivity contribution in [2.24, 2.45) is 5.92 Å². The highest BCUT2D eigenvalue weighted by Gasteiger charge is 2.25. The highest BCUT2D eigenvalue weighted by molar-refractivity contribution is 5.84. The Morgan fingerprint density at radius 1 is 1.28 bits per heavy atom. The van der Waals surface area contributed by atoms with Gasteiger partial charge in [0.25, 0.3) is 0 Å². The Morgan fingerprint density at radius 2 is 2.16 bits per heavy atom. The SMILES string of the molecule is O=C(O)c1cn(C[C@H]2CCCN(C(=O)CCN3CCCCO3)C2)nn1. The number of carboxylic acid groups (broad SMARTS) is 1. The standard InChI is InChI=1S/C16H25N5O4/c22-15(5-8-21-7-1-2-9-25-21)19-6-3-4-13(10-19)11-20-12-14(16(23)24)17-18-20/h12-13H,1-11H2,(H,23,24)/t13-/m0/s1. The molecular formula is C16H25N5O4. The smallest absolute Gasteiger partial charge is 0.358 e. The molecule has 0 radical (unpaired) electrons. The van der Waals surface area contributed by atoms with Crippen LogP contribution in [0.25, 0.3) is 0 Å². The number of carbonyl (C=O) groups excluding carboxylic acids is 1. The maximum absolute atomic E-state index is 12.5. The molecule has 138 valence electrons. The molecule has 0 aliphatic carbocycles. The molecule has 1 atom stereocenters. The van der Waals surface area contributed by atoms with E-state index in [9.17, 15) is 9.59 Å². The molecule has 1 aromatic rings. The molecule has 0 aromatic carbocycles. The number of rotatable bonds is 6. The summed E-state index contributed by atoms with van der Waals surface area (Å²) in [4.78, 5) is 30.8. The second-order valence-corrected chi connectivity index (χ2v) is 6.70. The molecule has 2 fully saturated rings. The Labute approximate surface area is 146 Å². The molecule has 1 N–H and O–H groups in total. The number of aromatic nitrogens is 3. The van der Waals surface area contributed by atoms with Crippen molar-refractivity contribution in [3.8, 4) is 0 Å². The number of piperidine rings is 1. The van der Waals surface area contributed by atoms with Crippen LogP contribution in [0.4, 0.5) is 0 Å². The van der Waals surface area contributed by atoms with Gasteiger partial charge in [-0.2, -0.15) is 5.06 Å². The molecule has 3 rings (SSSR count). The van der Waals surface area contributed by atoms with Gasteiger partial charge in [0.05, 0.1) is 12.8 Å². The third-order valence-electron chi connectivity index (χ3n) is 4.73. The van der Waals surface area contributed by atoms with E-state index in [-0.39, 0.29) is 17.5 Å². The van der Waals surface area contributed by atoms with E-state index in [2.05, 4.69) is 10.3 Å². The molecule has 2 aliphatic rings. The van der Waals surface area contributed by atoms with Crippen molar-refractivity contribution in [2.45, 2.75) is 38.6 Å². The van der Waals surface area contributed by atoms with Gasteiger partial charge in [-0.25, -0.2) is 4.79 Å². The highest BCUT2D eigenvalue weighted by atomic mass is 16.7. The van der Waals surface area contributed by atoms with Gasteiger partial charge in [-0.15, -0.1) is 5.10 Å². The van der Waals surface area contributed by atoms with Crippen LogP contribution in [0.15, 0.2) is 6.20 Å². The maximum atomic E-state index is 12.5. The number of hydrogen-bond acceptors (Lipinski definition) is 6. The van der Waals surface area contributed by atoms with E-state index < -0.39 is 5.97 Å². The number of amides is 1. The van der Waals surface area contributed by atoms with E-state index in [0.29, 0.717) is 26.1 Å². The number of hydrogen-bond donors (Lipinski definition) is 1. The predicted molar refractivity (Wildman–Crippen MR) is 87.7 cm³/mol. The summed E-state index contributed by atoms with van der Waals surface area (Å²) in [6.45, 7) is 4.34. The van der Waals surface area contributed by atoms with Gasteiger partial charge >= 0.3 is 5.97 Å². The molecule has 2 saturated heterocycles. The first kappa shape index (κ1) is 17.8. The van der Waals surface area contributed by atoms with Crippen LogP contribution in [-0.2, 0) is 16.2 Å². The van der Waals surface area contributed by atoms with Crippen molar-refractivity contribution in [1.29, 1.82) is 0 Å². The molecule has 9 nitrogen and oxygen atoms in total. The number of carbonyl (C=O) groups is 2. The molecule has 2 aliphatic heterocycles. The molecule has 0 unspecified atom stereocenters. The van der Waals surface area contributed by atoms with Crippen LogP contribution < -0.4 is 0 Å². The van der Waals surface area contributed by atoms with E-state index >= 15 is 0 Å². The summed E-state index contributed by atoms with van der Waals surface area (Å²) in [6.07, 6.45) is 6.08. The fraction of sp³-hybridized carbons (Fsp3) is 0.750. The largest absolute Gasteiger partial charge is 0.476 e. The first-order chi connectivity index (χ1) is 12.1. The fourth-order valence-electron chi connectivity index (χ4n) is 3.39. The van der Waals surface area contributed by atoms with E-state index in [1.165, 1.54) is 6.20 Å². The first-order valence-electron chi connectivity index (χ1n) is 8.91. The van der Waals surface area contributed by atoms with Gasteiger partial charge in [0.15, 0.2) is 5.69 Å². The van der Waals surface area contributed by atoms with Crippen molar-refractivity contribution in [3.63, 3.8) is 0 Å². The molecule has 0 saturated carbocycles. The predicted octanol–water partition coefficient (Wildman–Crippen LogP) is 0.632. The zero-order valence-electron chi connectivity index (χ0n) is 14.3. The van der Waals surface area contributed by atoms with Crippen molar-refractivity contribution < 1.29 is 19.5 Å². The van der Waals surface area contributed by atoms with Crippen LogP contribution in [0.3, 0.4) is 0 Å². The Balaban J connectivity index is 1.46. The minimum absolute atomic E-state index is 0.0507. The molecule has 0 bridgehead atoms. The zero-order chi connectivity index (χ0) is 17.6. The quantitative estimate of drug-likeness (QED) is 0.802. The minimum atomic E-state index is -1.08. The summed E-state index contributed by atoms with van der Waals surface area (Å²) in [7, 11) is 0. The number of aromatic carboxylic acids is 1. The van der Waals surface area contributed by atoms with Crippen LogP contribution in [0, 0.1) is 5.92 Å². The van der Waals surface area contributed by atoms with Crippen LogP contribution in [-0.4, -0.2) is 74.7 Å². The number of hydroxylamine groups is 2. The van der Waals surface area contributed by atoms with Gasteiger partial charge in [0.2, 0.25) is 5.91 Å². The number of likely N-dealkylation sites (tertiary alicyclic amines) is 1. The maximum Gasteiger partial charge on any atom is 0.358 e. The van der Waals surface area contributed by atoms with Gasteiger partial charge < -0.3 is 10.0 Å². The monoisotopic (exact) mass is 351 g/mol. The summed E-state index contributed by atoms with van der Waals surface area (Å²) in [5, 5.41) is 18.3. The lowest BCUT2D eigenvalue weighted by molar-refractivity contribution is -0.182. The summed E-state index contributed by atoms with van der Waals surface area (Å²) in [5.74, 6) is -0.650. The Hall–Kier alpha value is -2.00. The molecule has 1 amide bonds. The van der Waals surface area contributed by atoms with E-state index in [1.807, 2.05) is 9.96 Å². The van der Waals surface area contributed by atoms with Crippen molar-refractivity contribution >= 4 is 11.9 Å². The fourth-order valence-corrected chi connectivity index (χ4v) is 3.39. The normalized spacial score (nSPS) is 22.1. The van der Waals surface area contributed by atoms with E-state index in [0.717, 1.165) is 45.4 Å². The summed E-state index contributed by atoms with van der Waals surface area (Å²) in [6, 6.07) is 0. The second kappa shape index (κ2) is 8.39. The Bertz CT molecular complexity index is 599. The molecule has 1 aromatic heterocycles. The zero-order valence-corrected chi connectivity index (χ0v) is 14.3. The average Bonchev–Trinajstić information content (AvgIpc) is 3.09. The van der Waals surface area contributed by atoms with Crippen LogP contribution >= 0.6 is 0 Å². The van der Waals surface area contributed by atoms with Gasteiger partial charge in [-0.3, -0.25) is 14.3 Å². The van der Waals surface area contributed by atoms with E-state index in [4.69, 9.17) is 9.94 Å². The third-order valence-corrected chi connectivity index (χ3v) is 4.73. The molecule has 25 heavy (non-hydrogen) atoms. The van der Waals surface area contributed by atoms with Crippen LogP contribution in [0.1, 0.15) is 42.6 Å². The van der Waals surface area contributed by atoms with E-state index in [1.54, 1.807) is 4.68 Å². The topological polar surface area (TPSA) is 101 Å². The summed E-state index contributed by atoms with van der Waals surface area (Å²) < 4.78 is 1.56. The van der Waals surface area contributed by atoms with Gasteiger partial charge in [-0.1, -0.05) is 5.21 Å². The summed E-state index contributed by atoms with van der Waals surface area (Å²) in [5.41, 5.74) is -0.0507. The molecule has 9 heteroatoms. The van der Waals surface area contributed by atoms with Crippen molar-refractivity contribution in [2.75, 3.05) is 32.8 Å². The Kier molecular flexibility index (Phi) is 5.98. The van der Waals surface area contributed by atoms with Crippen LogP contribution in [0.2, 0.25) is 0 Å². The van der Waals surface area contributed by atoms with Gasteiger partial charge in [0, 0.05) is 39.1 Å². The molecular weight excluding hydrogens is 326 g/mol. The van der Waals surface area contributed by atoms with Gasteiger partial charge in [0.1, 0.15) is 0 Å².